The third-order valence-corrected chi connectivity index (χ3v) is 4.05. The molecule has 24 heavy (non-hydrogen) atoms. The van der Waals surface area contributed by atoms with Gasteiger partial charge in [-0.1, -0.05) is 24.3 Å². The molecule has 2 amide bonds. The molecule has 2 rings (SSSR count). The molecule has 0 radical (unpaired) electrons. The fraction of sp³-hybridized carbons (Fsp3) is 0.222. The fourth-order valence-corrected chi connectivity index (χ4v) is 2.60. The average Bonchev–Trinajstić information content (AvgIpc) is 2.56. The predicted molar refractivity (Wildman–Crippen MR) is 96.9 cm³/mol. The van der Waals surface area contributed by atoms with E-state index in [0.29, 0.717) is 17.9 Å². The highest BCUT2D eigenvalue weighted by Crippen LogP contribution is 2.21. The van der Waals surface area contributed by atoms with Crippen LogP contribution in [-0.2, 0) is 16.1 Å². The van der Waals surface area contributed by atoms with Crippen molar-refractivity contribution in [2.24, 2.45) is 0 Å². The molecule has 1 N–H and O–H groups in total. The Morgan fingerprint density at radius 3 is 2.62 bits per heavy atom. The van der Waals surface area contributed by atoms with Gasteiger partial charge in [-0.05, 0) is 45.8 Å². The molecule has 0 atom stereocenters. The molecule has 0 aliphatic carbocycles. The summed E-state index contributed by atoms with van der Waals surface area (Å²) < 4.78 is 5.86. The van der Waals surface area contributed by atoms with Crippen molar-refractivity contribution in [3.8, 4) is 0 Å². The molecule has 0 saturated heterocycles. The summed E-state index contributed by atoms with van der Waals surface area (Å²) in [7, 11) is 3.21. The summed E-state index contributed by atoms with van der Waals surface area (Å²) >= 11 is 3.37. The van der Waals surface area contributed by atoms with E-state index in [2.05, 4.69) is 21.2 Å². The van der Waals surface area contributed by atoms with Gasteiger partial charge in [0.25, 0.3) is 5.91 Å². The second-order valence-corrected chi connectivity index (χ2v) is 6.18. The van der Waals surface area contributed by atoms with Gasteiger partial charge in [-0.15, -0.1) is 0 Å². The summed E-state index contributed by atoms with van der Waals surface area (Å²) in [5.41, 5.74) is 2.11. The third kappa shape index (κ3) is 4.91. The number of para-hydroxylation sites is 1. The number of likely N-dealkylation sites (N-methyl/N-ethyl adjacent to an activating group) is 1. The van der Waals surface area contributed by atoms with Crippen LogP contribution in [0, 0.1) is 0 Å². The van der Waals surface area contributed by atoms with Gasteiger partial charge in [-0.25, -0.2) is 0 Å². The van der Waals surface area contributed by atoms with Gasteiger partial charge in [0, 0.05) is 24.2 Å². The van der Waals surface area contributed by atoms with Crippen molar-refractivity contribution in [3.63, 3.8) is 0 Å². The molecule has 0 aliphatic heterocycles. The first-order valence-corrected chi connectivity index (χ1v) is 8.18. The van der Waals surface area contributed by atoms with Gasteiger partial charge >= 0.3 is 0 Å². The molecular formula is C18H19BrN2O3. The Morgan fingerprint density at radius 2 is 1.92 bits per heavy atom. The predicted octanol–water partition coefficient (Wildman–Crippen LogP) is 3.31. The molecule has 0 saturated carbocycles. The van der Waals surface area contributed by atoms with Crippen LogP contribution in [-0.4, -0.2) is 37.4 Å². The first-order chi connectivity index (χ1) is 11.5. The van der Waals surface area contributed by atoms with Crippen LogP contribution in [0.1, 0.15) is 15.9 Å². The van der Waals surface area contributed by atoms with Gasteiger partial charge in [-0.2, -0.15) is 0 Å². The second kappa shape index (κ2) is 8.61. The number of benzene rings is 2. The minimum atomic E-state index is -0.259. The zero-order valence-corrected chi connectivity index (χ0v) is 15.2. The molecule has 0 aliphatic rings. The molecule has 5 nitrogen and oxygen atoms in total. The smallest absolute Gasteiger partial charge is 0.254 e. The first kappa shape index (κ1) is 18.2. The molecule has 0 fully saturated rings. The van der Waals surface area contributed by atoms with E-state index in [0.717, 1.165) is 10.0 Å². The Kier molecular flexibility index (Phi) is 6.52. The van der Waals surface area contributed by atoms with Crippen LogP contribution < -0.4 is 5.32 Å². The number of hydrogen-bond acceptors (Lipinski definition) is 3. The van der Waals surface area contributed by atoms with Crippen LogP contribution in [0.4, 0.5) is 5.69 Å². The maximum atomic E-state index is 12.5. The largest absolute Gasteiger partial charge is 0.380 e. The maximum Gasteiger partial charge on any atom is 0.254 e. The number of methoxy groups -OCH3 is 1. The standard InChI is InChI=1S/C18H19BrN2O3/c1-21(11-17(22)20-16-9-4-3-8-15(16)19)18(23)14-7-5-6-13(10-14)12-24-2/h3-10H,11-12H2,1-2H3,(H,20,22). The van der Waals surface area contributed by atoms with Crippen molar-refractivity contribution in [1.29, 1.82) is 0 Å². The van der Waals surface area contributed by atoms with Crippen molar-refractivity contribution in [2.75, 3.05) is 26.0 Å². The Bertz CT molecular complexity index is 734. The molecule has 0 heterocycles. The van der Waals surface area contributed by atoms with Gasteiger partial charge in [-0.3, -0.25) is 9.59 Å². The van der Waals surface area contributed by atoms with Gasteiger partial charge < -0.3 is 15.0 Å². The number of anilines is 1. The highest BCUT2D eigenvalue weighted by Gasteiger charge is 2.16. The van der Waals surface area contributed by atoms with Crippen LogP contribution in [0.5, 0.6) is 0 Å². The highest BCUT2D eigenvalue weighted by molar-refractivity contribution is 9.10. The monoisotopic (exact) mass is 390 g/mol. The minimum absolute atomic E-state index is 0.0331. The lowest BCUT2D eigenvalue weighted by molar-refractivity contribution is -0.116. The van der Waals surface area contributed by atoms with Crippen molar-refractivity contribution in [2.45, 2.75) is 6.61 Å². The number of halogens is 1. The van der Waals surface area contributed by atoms with Crippen LogP contribution in [0.15, 0.2) is 53.0 Å². The number of rotatable bonds is 6. The molecule has 6 heteroatoms. The quantitative estimate of drug-likeness (QED) is 0.822. The average molecular weight is 391 g/mol. The van der Waals surface area contributed by atoms with Crippen molar-refractivity contribution in [3.05, 3.63) is 64.1 Å². The van der Waals surface area contributed by atoms with E-state index >= 15 is 0 Å². The molecule has 0 bridgehead atoms. The van der Waals surface area contributed by atoms with E-state index in [9.17, 15) is 9.59 Å². The molecule has 0 spiro atoms. The molecule has 126 valence electrons. The number of nitrogens with zero attached hydrogens (tertiary/aromatic N) is 1. The van der Waals surface area contributed by atoms with Crippen molar-refractivity contribution >= 4 is 33.4 Å². The summed E-state index contributed by atoms with van der Waals surface area (Å²) in [5.74, 6) is -0.471. The molecular weight excluding hydrogens is 372 g/mol. The lowest BCUT2D eigenvalue weighted by atomic mass is 10.1. The molecule has 2 aromatic rings. The Hall–Kier alpha value is -2.18. The fourth-order valence-electron chi connectivity index (χ4n) is 2.22. The van der Waals surface area contributed by atoms with E-state index in [1.807, 2.05) is 24.3 Å². The molecule has 0 aromatic heterocycles. The lowest BCUT2D eigenvalue weighted by Gasteiger charge is -2.17. The number of hydrogen-bond donors (Lipinski definition) is 1. The van der Waals surface area contributed by atoms with Crippen LogP contribution >= 0.6 is 15.9 Å². The summed E-state index contributed by atoms with van der Waals surface area (Å²) in [6.07, 6.45) is 0. The number of carbonyl (C=O) groups excluding carboxylic acids is 2. The van der Waals surface area contributed by atoms with E-state index in [1.165, 1.54) is 4.90 Å². The van der Waals surface area contributed by atoms with Gasteiger partial charge in [0.1, 0.15) is 0 Å². The summed E-state index contributed by atoms with van der Waals surface area (Å²) in [6, 6.07) is 14.5. The molecule has 2 aromatic carbocycles. The number of nitrogens with one attached hydrogen (secondary N) is 1. The van der Waals surface area contributed by atoms with E-state index < -0.39 is 0 Å². The van der Waals surface area contributed by atoms with Crippen molar-refractivity contribution < 1.29 is 14.3 Å². The van der Waals surface area contributed by atoms with E-state index in [-0.39, 0.29) is 18.4 Å². The van der Waals surface area contributed by atoms with Gasteiger partial charge in [0.2, 0.25) is 5.91 Å². The Balaban J connectivity index is 1.99. The third-order valence-electron chi connectivity index (χ3n) is 3.36. The van der Waals surface area contributed by atoms with Gasteiger partial charge in [0.05, 0.1) is 18.8 Å². The maximum absolute atomic E-state index is 12.5. The normalized spacial score (nSPS) is 10.3. The summed E-state index contributed by atoms with van der Waals surface area (Å²) in [5, 5.41) is 2.78. The molecule has 0 unspecified atom stereocenters. The lowest BCUT2D eigenvalue weighted by Crippen LogP contribution is -2.35. The van der Waals surface area contributed by atoms with E-state index in [4.69, 9.17) is 4.74 Å². The highest BCUT2D eigenvalue weighted by atomic mass is 79.9. The van der Waals surface area contributed by atoms with Crippen LogP contribution in [0.3, 0.4) is 0 Å². The number of amides is 2. The van der Waals surface area contributed by atoms with Crippen LogP contribution in [0.25, 0.3) is 0 Å². The Morgan fingerprint density at radius 1 is 1.17 bits per heavy atom. The summed E-state index contributed by atoms with van der Waals surface area (Å²) in [4.78, 5) is 26.0. The second-order valence-electron chi connectivity index (χ2n) is 5.32. The minimum Gasteiger partial charge on any atom is -0.380 e. The zero-order chi connectivity index (χ0) is 17.5. The van der Waals surface area contributed by atoms with Crippen LogP contribution in [0.2, 0.25) is 0 Å². The van der Waals surface area contributed by atoms with Gasteiger partial charge in [0.15, 0.2) is 0 Å². The number of ether oxygens (including phenoxy) is 1. The first-order valence-electron chi connectivity index (χ1n) is 7.39. The topological polar surface area (TPSA) is 58.6 Å². The Labute approximate surface area is 149 Å². The number of carbonyl (C=O) groups is 2. The summed E-state index contributed by atoms with van der Waals surface area (Å²) in [6.45, 7) is 0.405. The van der Waals surface area contributed by atoms with E-state index in [1.54, 1.807) is 38.4 Å². The SMILES string of the molecule is COCc1cccc(C(=O)N(C)CC(=O)Nc2ccccc2Br)c1. The zero-order valence-electron chi connectivity index (χ0n) is 13.6. The van der Waals surface area contributed by atoms with Crippen molar-refractivity contribution in [1.82, 2.24) is 4.90 Å².